The molecule has 0 atom stereocenters. The molecule has 0 bridgehead atoms. The topological polar surface area (TPSA) is 29.5 Å². The lowest BCUT2D eigenvalue weighted by Crippen LogP contribution is -2.40. The van der Waals surface area contributed by atoms with E-state index in [0.717, 1.165) is 50.9 Å². The Morgan fingerprint density at radius 3 is 2.30 bits per heavy atom. The van der Waals surface area contributed by atoms with E-state index in [9.17, 15) is 4.79 Å². The zero-order chi connectivity index (χ0) is 15.3. The second-order valence-corrected chi connectivity index (χ2v) is 6.69. The summed E-state index contributed by atoms with van der Waals surface area (Å²) < 4.78 is 5.72. The predicted octanol–water partition coefficient (Wildman–Crippen LogP) is 3.95. The van der Waals surface area contributed by atoms with Crippen molar-refractivity contribution in [3.63, 3.8) is 0 Å². The molecule has 23 heavy (non-hydrogen) atoms. The number of benzene rings is 1. The number of rotatable bonds is 5. The van der Waals surface area contributed by atoms with Crippen LogP contribution in [0.4, 0.5) is 0 Å². The molecule has 4 heteroatoms. The molecule has 0 radical (unpaired) electrons. The lowest BCUT2D eigenvalue weighted by atomic mass is 9.69. The summed E-state index contributed by atoms with van der Waals surface area (Å²) >= 11 is 0. The van der Waals surface area contributed by atoms with E-state index in [-0.39, 0.29) is 18.4 Å². The number of hydrogen-bond acceptors (Lipinski definition) is 3. The van der Waals surface area contributed by atoms with Crippen LogP contribution in [0.3, 0.4) is 0 Å². The van der Waals surface area contributed by atoms with Crippen LogP contribution in [-0.4, -0.2) is 37.1 Å². The number of hydrogen-bond donors (Lipinski definition) is 0. The van der Waals surface area contributed by atoms with Gasteiger partial charge in [0.2, 0.25) is 0 Å². The molecule has 0 unspecified atom stereocenters. The smallest absolute Gasteiger partial charge is 0.316 e. The van der Waals surface area contributed by atoms with Gasteiger partial charge in [-0.15, -0.1) is 12.4 Å². The van der Waals surface area contributed by atoms with E-state index in [0.29, 0.717) is 6.61 Å². The van der Waals surface area contributed by atoms with Crippen LogP contribution in [0.25, 0.3) is 0 Å². The van der Waals surface area contributed by atoms with Crippen molar-refractivity contribution in [2.45, 2.75) is 50.4 Å². The van der Waals surface area contributed by atoms with Crippen molar-refractivity contribution >= 4 is 18.4 Å². The van der Waals surface area contributed by atoms with E-state index < -0.39 is 5.41 Å². The minimum Gasteiger partial charge on any atom is -0.464 e. The fourth-order valence-electron chi connectivity index (χ4n) is 3.93. The lowest BCUT2D eigenvalue weighted by Gasteiger charge is -2.35. The predicted molar refractivity (Wildman–Crippen MR) is 95.1 cm³/mol. The molecule has 1 aromatic rings. The molecule has 1 heterocycles. The SMILES string of the molecule is Cl.O=C(OCCN1CCCC1)C1(c2ccccc2)CCCCC1. The fourth-order valence-corrected chi connectivity index (χ4v) is 3.93. The molecule has 0 spiro atoms. The second-order valence-electron chi connectivity index (χ2n) is 6.69. The maximum Gasteiger partial charge on any atom is 0.316 e. The molecule has 1 saturated carbocycles. The molecule has 1 aromatic carbocycles. The van der Waals surface area contributed by atoms with Crippen molar-refractivity contribution in [1.29, 1.82) is 0 Å². The average Bonchev–Trinajstić information content (AvgIpc) is 3.09. The van der Waals surface area contributed by atoms with Gasteiger partial charge in [0.15, 0.2) is 0 Å². The summed E-state index contributed by atoms with van der Waals surface area (Å²) in [5.74, 6) is -0.00223. The third kappa shape index (κ3) is 4.27. The molecule has 0 N–H and O–H groups in total. The van der Waals surface area contributed by atoms with Crippen LogP contribution in [0.5, 0.6) is 0 Å². The number of ether oxygens (including phenoxy) is 1. The van der Waals surface area contributed by atoms with E-state index >= 15 is 0 Å². The monoisotopic (exact) mass is 337 g/mol. The van der Waals surface area contributed by atoms with Crippen molar-refractivity contribution in [2.75, 3.05) is 26.2 Å². The molecule has 1 aliphatic carbocycles. The molecule has 1 saturated heterocycles. The van der Waals surface area contributed by atoms with Gasteiger partial charge in [-0.3, -0.25) is 9.69 Å². The molecule has 128 valence electrons. The first-order chi connectivity index (χ1) is 10.8. The highest BCUT2D eigenvalue weighted by Crippen LogP contribution is 2.40. The summed E-state index contributed by atoms with van der Waals surface area (Å²) in [7, 11) is 0. The number of carbonyl (C=O) groups excluding carboxylic acids is 1. The molecule has 2 fully saturated rings. The Morgan fingerprint density at radius 2 is 1.65 bits per heavy atom. The van der Waals surface area contributed by atoms with Gasteiger partial charge in [0.1, 0.15) is 6.61 Å². The third-order valence-corrected chi connectivity index (χ3v) is 5.26. The van der Waals surface area contributed by atoms with Gasteiger partial charge in [0.05, 0.1) is 5.41 Å². The van der Waals surface area contributed by atoms with E-state index in [1.807, 2.05) is 18.2 Å². The minimum atomic E-state index is -0.398. The van der Waals surface area contributed by atoms with Crippen LogP contribution >= 0.6 is 12.4 Å². The van der Waals surface area contributed by atoms with Crippen LogP contribution in [0.1, 0.15) is 50.5 Å². The van der Waals surface area contributed by atoms with Crippen LogP contribution in [0, 0.1) is 0 Å². The maximum atomic E-state index is 12.9. The van der Waals surface area contributed by atoms with Gasteiger partial charge in [-0.05, 0) is 44.3 Å². The van der Waals surface area contributed by atoms with Gasteiger partial charge in [-0.2, -0.15) is 0 Å². The van der Waals surface area contributed by atoms with Gasteiger partial charge in [0.25, 0.3) is 0 Å². The number of likely N-dealkylation sites (tertiary alicyclic amines) is 1. The largest absolute Gasteiger partial charge is 0.464 e. The quantitative estimate of drug-likeness (QED) is 0.762. The molecule has 0 amide bonds. The van der Waals surface area contributed by atoms with Crippen molar-refractivity contribution in [3.8, 4) is 0 Å². The van der Waals surface area contributed by atoms with E-state index in [2.05, 4.69) is 17.0 Å². The van der Waals surface area contributed by atoms with E-state index in [1.165, 1.54) is 19.3 Å². The van der Waals surface area contributed by atoms with Crippen LogP contribution < -0.4 is 0 Å². The van der Waals surface area contributed by atoms with E-state index in [4.69, 9.17) is 4.74 Å². The maximum absolute atomic E-state index is 12.9. The van der Waals surface area contributed by atoms with Crippen molar-refractivity contribution in [1.82, 2.24) is 4.90 Å². The zero-order valence-corrected chi connectivity index (χ0v) is 14.7. The van der Waals surface area contributed by atoms with Gasteiger partial charge in [-0.1, -0.05) is 49.6 Å². The highest BCUT2D eigenvalue weighted by Gasteiger charge is 2.42. The van der Waals surface area contributed by atoms with Gasteiger partial charge < -0.3 is 4.74 Å². The summed E-state index contributed by atoms with van der Waals surface area (Å²) in [6.07, 6.45) is 7.89. The second kappa shape index (κ2) is 8.70. The Balaban J connectivity index is 0.00000192. The Hall–Kier alpha value is -1.06. The van der Waals surface area contributed by atoms with E-state index in [1.54, 1.807) is 0 Å². The third-order valence-electron chi connectivity index (χ3n) is 5.26. The first-order valence-corrected chi connectivity index (χ1v) is 8.76. The minimum absolute atomic E-state index is 0. The van der Waals surface area contributed by atoms with Crippen molar-refractivity contribution in [3.05, 3.63) is 35.9 Å². The van der Waals surface area contributed by atoms with Crippen molar-refractivity contribution in [2.24, 2.45) is 0 Å². The Kier molecular flexibility index (Phi) is 6.91. The summed E-state index contributed by atoms with van der Waals surface area (Å²) in [4.78, 5) is 15.2. The highest BCUT2D eigenvalue weighted by atomic mass is 35.5. The van der Waals surface area contributed by atoms with Crippen LogP contribution in [0.15, 0.2) is 30.3 Å². The summed E-state index contributed by atoms with van der Waals surface area (Å²) in [5, 5.41) is 0. The number of halogens is 1. The summed E-state index contributed by atoms with van der Waals surface area (Å²) in [6.45, 7) is 3.73. The fraction of sp³-hybridized carbons (Fsp3) is 0.632. The standard InChI is InChI=1S/C19H27NO2.ClH/c21-18(22-16-15-20-13-7-8-14-20)19(11-5-2-6-12-19)17-9-3-1-4-10-17;/h1,3-4,9-10H,2,5-8,11-16H2;1H. The molecule has 2 aliphatic rings. The number of esters is 1. The Labute approximate surface area is 145 Å². The zero-order valence-electron chi connectivity index (χ0n) is 13.8. The molecule has 3 nitrogen and oxygen atoms in total. The molecular formula is C19H28ClNO2. The average molecular weight is 338 g/mol. The molecule has 0 aromatic heterocycles. The van der Waals surface area contributed by atoms with Gasteiger partial charge >= 0.3 is 5.97 Å². The Morgan fingerprint density at radius 1 is 1.00 bits per heavy atom. The lowest BCUT2D eigenvalue weighted by molar-refractivity contribution is -0.152. The first-order valence-electron chi connectivity index (χ1n) is 8.76. The van der Waals surface area contributed by atoms with Crippen LogP contribution in [0.2, 0.25) is 0 Å². The summed E-state index contributed by atoms with van der Waals surface area (Å²) in [5.41, 5.74) is 0.741. The van der Waals surface area contributed by atoms with Crippen molar-refractivity contribution < 1.29 is 9.53 Å². The highest BCUT2D eigenvalue weighted by molar-refractivity contribution is 5.85. The number of nitrogens with zero attached hydrogens (tertiary/aromatic N) is 1. The van der Waals surface area contributed by atoms with Crippen LogP contribution in [-0.2, 0) is 14.9 Å². The first kappa shape index (κ1) is 18.3. The normalized spacial score (nSPS) is 20.7. The molecule has 3 rings (SSSR count). The molecule has 1 aliphatic heterocycles. The van der Waals surface area contributed by atoms with Gasteiger partial charge in [0, 0.05) is 6.54 Å². The molecular weight excluding hydrogens is 310 g/mol. The number of carbonyl (C=O) groups is 1. The summed E-state index contributed by atoms with van der Waals surface area (Å²) in [6, 6.07) is 10.3. The Bertz CT molecular complexity index is 479. The van der Waals surface area contributed by atoms with Gasteiger partial charge in [-0.25, -0.2) is 0 Å².